The van der Waals surface area contributed by atoms with Crippen molar-refractivity contribution in [3.05, 3.63) is 22.4 Å². The van der Waals surface area contributed by atoms with Gasteiger partial charge in [0.05, 0.1) is 12.2 Å². The van der Waals surface area contributed by atoms with Gasteiger partial charge in [0.1, 0.15) is 0 Å². The van der Waals surface area contributed by atoms with E-state index in [4.69, 9.17) is 4.74 Å². The third-order valence-corrected chi connectivity index (χ3v) is 4.77. The van der Waals surface area contributed by atoms with Gasteiger partial charge in [0.2, 0.25) is 0 Å². The summed E-state index contributed by atoms with van der Waals surface area (Å²) < 4.78 is 6.11. The van der Waals surface area contributed by atoms with Gasteiger partial charge in [-0.2, -0.15) is 0 Å². The lowest BCUT2D eigenvalue weighted by Gasteiger charge is -2.21. The van der Waals surface area contributed by atoms with Crippen LogP contribution >= 0.6 is 11.3 Å². The van der Waals surface area contributed by atoms with Gasteiger partial charge in [-0.3, -0.25) is 0 Å². The number of nitrogens with zero attached hydrogens (tertiary/aromatic N) is 1. The summed E-state index contributed by atoms with van der Waals surface area (Å²) in [6.45, 7) is 6.51. The summed E-state index contributed by atoms with van der Waals surface area (Å²) in [6, 6.07) is 4.36. The highest BCUT2D eigenvalue weighted by molar-refractivity contribution is 7.09. The first kappa shape index (κ1) is 16.0. The van der Waals surface area contributed by atoms with E-state index in [0.717, 1.165) is 32.6 Å². The Morgan fingerprint density at radius 2 is 2.25 bits per heavy atom. The van der Waals surface area contributed by atoms with E-state index >= 15 is 0 Å². The molecule has 0 saturated carbocycles. The zero-order valence-electron chi connectivity index (χ0n) is 12.8. The number of nitrogens with one attached hydrogen (secondary N) is 1. The van der Waals surface area contributed by atoms with Crippen molar-refractivity contribution in [2.45, 2.75) is 44.8 Å². The quantitative estimate of drug-likeness (QED) is 0.709. The average molecular weight is 296 g/mol. The Morgan fingerprint density at radius 1 is 1.40 bits per heavy atom. The first-order valence-electron chi connectivity index (χ1n) is 7.85. The van der Waals surface area contributed by atoms with Gasteiger partial charge in [0, 0.05) is 24.5 Å². The van der Waals surface area contributed by atoms with Crippen molar-refractivity contribution in [1.82, 2.24) is 10.2 Å². The van der Waals surface area contributed by atoms with Crippen LogP contribution < -0.4 is 5.32 Å². The van der Waals surface area contributed by atoms with Gasteiger partial charge < -0.3 is 15.0 Å². The van der Waals surface area contributed by atoms with Gasteiger partial charge in [-0.15, -0.1) is 11.3 Å². The maximum atomic E-state index is 6.11. The molecule has 0 amide bonds. The molecule has 114 valence electrons. The van der Waals surface area contributed by atoms with Crippen molar-refractivity contribution in [1.29, 1.82) is 0 Å². The van der Waals surface area contributed by atoms with Gasteiger partial charge in [-0.05, 0) is 50.7 Å². The number of likely N-dealkylation sites (N-methyl/N-ethyl adjacent to an activating group) is 1. The van der Waals surface area contributed by atoms with E-state index in [-0.39, 0.29) is 0 Å². The molecule has 1 aromatic heterocycles. The molecule has 0 aliphatic carbocycles. The summed E-state index contributed by atoms with van der Waals surface area (Å²) >= 11 is 1.85. The van der Waals surface area contributed by atoms with E-state index in [1.165, 1.54) is 24.1 Å². The van der Waals surface area contributed by atoms with Crippen LogP contribution in [0.15, 0.2) is 17.5 Å². The molecular weight excluding hydrogens is 268 g/mol. The van der Waals surface area contributed by atoms with Crippen LogP contribution in [0.25, 0.3) is 0 Å². The van der Waals surface area contributed by atoms with E-state index in [1.54, 1.807) is 0 Å². The molecule has 0 bridgehead atoms. The second-order valence-corrected chi connectivity index (χ2v) is 6.79. The molecule has 3 nitrogen and oxygen atoms in total. The van der Waals surface area contributed by atoms with E-state index in [2.05, 4.69) is 41.7 Å². The monoisotopic (exact) mass is 296 g/mol. The molecule has 1 aromatic rings. The molecule has 1 aliphatic heterocycles. The van der Waals surface area contributed by atoms with E-state index in [9.17, 15) is 0 Å². The fourth-order valence-electron chi connectivity index (χ4n) is 2.70. The molecule has 1 aliphatic rings. The van der Waals surface area contributed by atoms with Crippen LogP contribution in [0.2, 0.25) is 0 Å². The van der Waals surface area contributed by atoms with Crippen molar-refractivity contribution in [2.24, 2.45) is 0 Å². The summed E-state index contributed by atoms with van der Waals surface area (Å²) in [5, 5.41) is 5.61. The van der Waals surface area contributed by atoms with E-state index in [1.807, 2.05) is 11.3 Å². The lowest BCUT2D eigenvalue weighted by molar-refractivity contribution is 0.0282. The summed E-state index contributed by atoms with van der Waals surface area (Å²) in [5.74, 6) is 0. The van der Waals surface area contributed by atoms with E-state index < -0.39 is 0 Å². The third-order valence-electron chi connectivity index (χ3n) is 3.83. The molecule has 1 saturated heterocycles. The molecule has 0 aromatic carbocycles. The van der Waals surface area contributed by atoms with Crippen LogP contribution in [-0.2, 0) is 11.2 Å². The SMILES string of the molecule is CCCNCC1CCC(CN(C)CCc2cccs2)O1. The van der Waals surface area contributed by atoms with Crippen molar-refractivity contribution < 1.29 is 4.74 Å². The van der Waals surface area contributed by atoms with Crippen LogP contribution in [0.4, 0.5) is 0 Å². The smallest absolute Gasteiger partial charge is 0.0707 e. The van der Waals surface area contributed by atoms with Crippen LogP contribution in [0.1, 0.15) is 31.1 Å². The number of rotatable bonds is 9. The highest BCUT2D eigenvalue weighted by Gasteiger charge is 2.25. The Balaban J connectivity index is 1.59. The van der Waals surface area contributed by atoms with Gasteiger partial charge in [-0.1, -0.05) is 13.0 Å². The minimum Gasteiger partial charge on any atom is -0.372 e. The molecule has 20 heavy (non-hydrogen) atoms. The number of thiophene rings is 1. The molecule has 0 spiro atoms. The Bertz CT molecular complexity index is 355. The summed E-state index contributed by atoms with van der Waals surface area (Å²) in [7, 11) is 2.21. The average Bonchev–Trinajstić information content (AvgIpc) is 3.08. The number of ether oxygens (including phenoxy) is 1. The zero-order chi connectivity index (χ0) is 14.2. The predicted molar refractivity (Wildman–Crippen MR) is 86.6 cm³/mol. The van der Waals surface area contributed by atoms with Crippen molar-refractivity contribution in [2.75, 3.05) is 33.2 Å². The molecule has 1 fully saturated rings. The standard InChI is InChI=1S/C16H28N2OS/c1-3-9-17-12-14-6-7-15(19-14)13-18(2)10-8-16-5-4-11-20-16/h4-5,11,14-15,17H,3,6-10,12-13H2,1-2H3. The first-order valence-corrected chi connectivity index (χ1v) is 8.73. The lowest BCUT2D eigenvalue weighted by Crippen LogP contribution is -2.33. The van der Waals surface area contributed by atoms with Crippen LogP contribution in [0, 0.1) is 0 Å². The molecular formula is C16H28N2OS. The summed E-state index contributed by atoms with van der Waals surface area (Å²) in [4.78, 5) is 3.89. The predicted octanol–water partition coefficient (Wildman–Crippen LogP) is 2.77. The van der Waals surface area contributed by atoms with Crippen LogP contribution in [0.5, 0.6) is 0 Å². The largest absolute Gasteiger partial charge is 0.372 e. The normalized spacial score (nSPS) is 22.8. The lowest BCUT2D eigenvalue weighted by atomic mass is 10.2. The van der Waals surface area contributed by atoms with Crippen molar-refractivity contribution in [3.63, 3.8) is 0 Å². The molecule has 0 radical (unpaired) electrons. The minimum absolute atomic E-state index is 0.428. The minimum atomic E-state index is 0.428. The highest BCUT2D eigenvalue weighted by atomic mass is 32.1. The summed E-state index contributed by atoms with van der Waals surface area (Å²) in [5.41, 5.74) is 0. The Labute approximate surface area is 127 Å². The number of hydrogen-bond acceptors (Lipinski definition) is 4. The number of hydrogen-bond donors (Lipinski definition) is 1. The highest BCUT2D eigenvalue weighted by Crippen LogP contribution is 2.20. The topological polar surface area (TPSA) is 24.5 Å². The second kappa shape index (κ2) is 8.78. The fraction of sp³-hybridized carbons (Fsp3) is 0.750. The maximum absolute atomic E-state index is 6.11. The Kier molecular flexibility index (Phi) is 7.00. The van der Waals surface area contributed by atoms with Gasteiger partial charge in [-0.25, -0.2) is 0 Å². The molecule has 2 heterocycles. The molecule has 4 heteroatoms. The van der Waals surface area contributed by atoms with E-state index in [0.29, 0.717) is 12.2 Å². The maximum Gasteiger partial charge on any atom is 0.0707 e. The zero-order valence-corrected chi connectivity index (χ0v) is 13.6. The summed E-state index contributed by atoms with van der Waals surface area (Å²) in [6.07, 6.45) is 5.63. The van der Waals surface area contributed by atoms with Gasteiger partial charge >= 0.3 is 0 Å². The molecule has 1 N–H and O–H groups in total. The molecule has 2 unspecified atom stereocenters. The molecule has 2 atom stereocenters. The molecule has 2 rings (SSSR count). The Morgan fingerprint density at radius 3 is 3.00 bits per heavy atom. The van der Waals surface area contributed by atoms with Gasteiger partial charge in [0.25, 0.3) is 0 Å². The Hall–Kier alpha value is -0.420. The fourth-order valence-corrected chi connectivity index (χ4v) is 3.40. The van der Waals surface area contributed by atoms with Gasteiger partial charge in [0.15, 0.2) is 0 Å². The second-order valence-electron chi connectivity index (χ2n) is 5.75. The first-order chi connectivity index (χ1) is 9.78. The van der Waals surface area contributed by atoms with Crippen molar-refractivity contribution >= 4 is 11.3 Å². The van der Waals surface area contributed by atoms with Crippen LogP contribution in [-0.4, -0.2) is 50.3 Å². The van der Waals surface area contributed by atoms with Crippen molar-refractivity contribution in [3.8, 4) is 0 Å². The third kappa shape index (κ3) is 5.52. The van der Waals surface area contributed by atoms with Crippen LogP contribution in [0.3, 0.4) is 0 Å².